The van der Waals surface area contributed by atoms with Crippen LogP contribution in [0.3, 0.4) is 0 Å². The third-order valence-corrected chi connectivity index (χ3v) is 8.47. The minimum atomic E-state index is -3.53. The molecule has 3 heterocycles. The van der Waals surface area contributed by atoms with Crippen LogP contribution in [0, 0.1) is 0 Å². The lowest BCUT2D eigenvalue weighted by atomic mass is 10.0. The Balaban J connectivity index is 1.40. The van der Waals surface area contributed by atoms with E-state index < -0.39 is 10.0 Å². The van der Waals surface area contributed by atoms with Crippen LogP contribution in [-0.2, 0) is 14.8 Å². The van der Waals surface area contributed by atoms with E-state index in [1.54, 1.807) is 28.6 Å². The van der Waals surface area contributed by atoms with E-state index in [4.69, 9.17) is 4.74 Å². The molecular formula is C22H33N3O4S. The quantitative estimate of drug-likeness (QED) is 0.725. The van der Waals surface area contributed by atoms with Crippen LogP contribution in [0.1, 0.15) is 49.4 Å². The smallest absolute Gasteiger partial charge is 0.253 e. The Labute approximate surface area is 180 Å². The summed E-state index contributed by atoms with van der Waals surface area (Å²) in [6, 6.07) is 7.07. The van der Waals surface area contributed by atoms with E-state index in [2.05, 4.69) is 11.8 Å². The van der Waals surface area contributed by atoms with Gasteiger partial charge in [-0.05, 0) is 50.8 Å². The Morgan fingerprint density at radius 2 is 1.77 bits per heavy atom. The predicted octanol–water partition coefficient (Wildman–Crippen LogP) is 2.19. The summed E-state index contributed by atoms with van der Waals surface area (Å²) in [7, 11) is -3.53. The minimum Gasteiger partial charge on any atom is -0.376 e. The van der Waals surface area contributed by atoms with Gasteiger partial charge >= 0.3 is 0 Å². The second kappa shape index (κ2) is 9.34. The van der Waals surface area contributed by atoms with Crippen LogP contribution in [0.25, 0.3) is 0 Å². The number of ether oxygens (including phenoxy) is 1. The molecule has 7 nitrogen and oxygen atoms in total. The Morgan fingerprint density at radius 3 is 2.47 bits per heavy atom. The van der Waals surface area contributed by atoms with Gasteiger partial charge in [-0.15, -0.1) is 0 Å². The summed E-state index contributed by atoms with van der Waals surface area (Å²) < 4.78 is 33.1. The number of rotatable bonds is 4. The molecule has 0 N–H and O–H groups in total. The normalized spacial score (nSPS) is 25.4. The largest absolute Gasteiger partial charge is 0.376 e. The maximum absolute atomic E-state index is 13.1. The van der Waals surface area contributed by atoms with E-state index in [0.717, 1.165) is 51.8 Å². The second-order valence-corrected chi connectivity index (χ2v) is 10.6. The average Bonchev–Trinajstić information content (AvgIpc) is 2.79. The van der Waals surface area contributed by atoms with Crippen molar-refractivity contribution < 1.29 is 17.9 Å². The number of piperidine rings is 2. The number of morpholine rings is 1. The number of carbonyl (C=O) groups is 1. The van der Waals surface area contributed by atoms with Crippen molar-refractivity contribution in [3.63, 3.8) is 0 Å². The molecule has 0 saturated carbocycles. The third kappa shape index (κ3) is 4.72. The van der Waals surface area contributed by atoms with Crippen LogP contribution in [-0.4, -0.2) is 86.5 Å². The lowest BCUT2D eigenvalue weighted by molar-refractivity contribution is -0.0423. The van der Waals surface area contributed by atoms with Crippen molar-refractivity contribution in [3.05, 3.63) is 29.8 Å². The molecule has 0 spiro atoms. The van der Waals surface area contributed by atoms with E-state index >= 15 is 0 Å². The number of benzene rings is 1. The monoisotopic (exact) mass is 435 g/mol. The summed E-state index contributed by atoms with van der Waals surface area (Å²) in [5.74, 6) is -0.0699. The van der Waals surface area contributed by atoms with E-state index in [-0.39, 0.29) is 16.9 Å². The van der Waals surface area contributed by atoms with Crippen molar-refractivity contribution in [2.75, 3.05) is 45.9 Å². The van der Waals surface area contributed by atoms with Gasteiger partial charge in [-0.1, -0.05) is 12.5 Å². The molecule has 0 unspecified atom stereocenters. The fourth-order valence-electron chi connectivity index (χ4n) is 4.84. The van der Waals surface area contributed by atoms with Crippen LogP contribution in [0.2, 0.25) is 0 Å². The molecule has 4 rings (SSSR count). The third-order valence-electron chi connectivity index (χ3n) is 6.57. The van der Waals surface area contributed by atoms with Crippen molar-refractivity contribution >= 4 is 15.9 Å². The SMILES string of the molecule is C[C@H]1CN(C2CCN(C(=O)c3cccc(S(=O)(=O)N4CCCCC4)c3)CC2)CCO1. The highest BCUT2D eigenvalue weighted by Crippen LogP contribution is 2.24. The van der Waals surface area contributed by atoms with E-state index in [1.165, 1.54) is 0 Å². The molecule has 3 fully saturated rings. The van der Waals surface area contributed by atoms with Crippen LogP contribution in [0.15, 0.2) is 29.2 Å². The fourth-order valence-corrected chi connectivity index (χ4v) is 6.40. The number of hydrogen-bond donors (Lipinski definition) is 0. The van der Waals surface area contributed by atoms with Crippen molar-refractivity contribution in [1.82, 2.24) is 14.1 Å². The number of amides is 1. The molecule has 3 saturated heterocycles. The first-order valence-corrected chi connectivity index (χ1v) is 12.6. The van der Waals surface area contributed by atoms with E-state index in [9.17, 15) is 13.2 Å². The van der Waals surface area contributed by atoms with Gasteiger partial charge in [0.05, 0.1) is 17.6 Å². The molecule has 1 aromatic carbocycles. The average molecular weight is 436 g/mol. The molecule has 0 aromatic heterocycles. The number of carbonyl (C=O) groups excluding carboxylic acids is 1. The molecule has 0 aliphatic carbocycles. The van der Waals surface area contributed by atoms with Crippen LogP contribution in [0.4, 0.5) is 0 Å². The molecule has 3 aliphatic rings. The molecule has 1 atom stereocenters. The minimum absolute atomic E-state index is 0.0699. The van der Waals surface area contributed by atoms with Crippen molar-refractivity contribution in [3.8, 4) is 0 Å². The number of nitrogens with zero attached hydrogens (tertiary/aromatic N) is 3. The van der Waals surface area contributed by atoms with Gasteiger partial charge in [-0.2, -0.15) is 4.31 Å². The van der Waals surface area contributed by atoms with Gasteiger partial charge in [-0.3, -0.25) is 9.69 Å². The summed E-state index contributed by atoms with van der Waals surface area (Å²) in [6.07, 6.45) is 5.03. The van der Waals surface area contributed by atoms with Crippen molar-refractivity contribution in [2.24, 2.45) is 0 Å². The topological polar surface area (TPSA) is 70.2 Å². The number of hydrogen-bond acceptors (Lipinski definition) is 5. The standard InChI is InChI=1S/C22H33N3O4S/c1-18-17-24(14-15-29-18)20-8-12-23(13-9-20)22(26)19-6-5-7-21(16-19)30(27,28)25-10-3-2-4-11-25/h5-7,16,18,20H,2-4,8-15,17H2,1H3/t18-/m0/s1. The zero-order valence-electron chi connectivity index (χ0n) is 17.8. The number of sulfonamides is 1. The van der Waals surface area contributed by atoms with E-state index in [0.29, 0.717) is 37.8 Å². The van der Waals surface area contributed by atoms with Crippen molar-refractivity contribution in [2.45, 2.75) is 56.1 Å². The summed E-state index contributed by atoms with van der Waals surface area (Å²) in [5, 5.41) is 0. The van der Waals surface area contributed by atoms with E-state index in [1.807, 2.05) is 4.90 Å². The van der Waals surface area contributed by atoms with Gasteiger partial charge in [0, 0.05) is 50.9 Å². The second-order valence-electron chi connectivity index (χ2n) is 8.69. The highest BCUT2D eigenvalue weighted by molar-refractivity contribution is 7.89. The predicted molar refractivity (Wildman–Crippen MR) is 115 cm³/mol. The highest BCUT2D eigenvalue weighted by atomic mass is 32.2. The summed E-state index contributed by atoms with van der Waals surface area (Å²) in [4.78, 5) is 17.7. The highest BCUT2D eigenvalue weighted by Gasteiger charge is 2.31. The van der Waals surface area contributed by atoms with Gasteiger partial charge < -0.3 is 9.64 Å². The Bertz CT molecular complexity index is 846. The van der Waals surface area contributed by atoms with Gasteiger partial charge in [-0.25, -0.2) is 8.42 Å². The van der Waals surface area contributed by atoms with Gasteiger partial charge in [0.2, 0.25) is 10.0 Å². The lowest BCUT2D eigenvalue weighted by Crippen LogP contribution is -2.51. The Kier molecular flexibility index (Phi) is 6.77. The Morgan fingerprint density at radius 1 is 1.03 bits per heavy atom. The first-order valence-electron chi connectivity index (χ1n) is 11.2. The summed E-state index contributed by atoms with van der Waals surface area (Å²) in [5.41, 5.74) is 0.464. The first kappa shape index (κ1) is 21.7. The summed E-state index contributed by atoms with van der Waals surface area (Å²) >= 11 is 0. The molecule has 30 heavy (non-hydrogen) atoms. The van der Waals surface area contributed by atoms with Gasteiger partial charge in [0.1, 0.15) is 0 Å². The van der Waals surface area contributed by atoms with Crippen LogP contribution in [0.5, 0.6) is 0 Å². The van der Waals surface area contributed by atoms with Crippen LogP contribution >= 0.6 is 0 Å². The molecule has 0 bridgehead atoms. The van der Waals surface area contributed by atoms with Gasteiger partial charge in [0.15, 0.2) is 0 Å². The zero-order valence-corrected chi connectivity index (χ0v) is 18.6. The molecule has 1 aromatic rings. The molecule has 8 heteroatoms. The molecule has 1 amide bonds. The maximum atomic E-state index is 13.1. The van der Waals surface area contributed by atoms with Crippen LogP contribution < -0.4 is 0 Å². The molecule has 0 radical (unpaired) electrons. The zero-order chi connectivity index (χ0) is 21.1. The van der Waals surface area contributed by atoms with Crippen molar-refractivity contribution in [1.29, 1.82) is 0 Å². The molecular weight excluding hydrogens is 402 g/mol. The lowest BCUT2D eigenvalue weighted by Gasteiger charge is -2.41. The molecule has 3 aliphatic heterocycles. The maximum Gasteiger partial charge on any atom is 0.253 e. The molecule has 166 valence electrons. The Hall–Kier alpha value is -1.48. The van der Waals surface area contributed by atoms with Gasteiger partial charge in [0.25, 0.3) is 5.91 Å². The fraction of sp³-hybridized carbons (Fsp3) is 0.682. The summed E-state index contributed by atoms with van der Waals surface area (Å²) in [6.45, 7) is 7.34. The first-order chi connectivity index (χ1) is 14.4. The number of likely N-dealkylation sites (tertiary alicyclic amines) is 1.